The lowest BCUT2D eigenvalue weighted by atomic mass is 9.98. The quantitative estimate of drug-likeness (QED) is 0.619. The summed E-state index contributed by atoms with van der Waals surface area (Å²) in [7, 11) is 0. The first-order chi connectivity index (χ1) is 6.25. The third kappa shape index (κ3) is 2.86. The maximum atomic E-state index is 11.5. The lowest BCUT2D eigenvalue weighted by Gasteiger charge is -2.11. The summed E-state index contributed by atoms with van der Waals surface area (Å²) in [6.45, 7) is 4.59. The highest BCUT2D eigenvalue weighted by molar-refractivity contribution is 5.83. The van der Waals surface area contributed by atoms with Gasteiger partial charge in [0.25, 0.3) is 0 Å². The van der Waals surface area contributed by atoms with Gasteiger partial charge in [-0.3, -0.25) is 4.79 Å². The van der Waals surface area contributed by atoms with Gasteiger partial charge in [-0.2, -0.15) is 0 Å². The van der Waals surface area contributed by atoms with Gasteiger partial charge in [0.05, 0.1) is 0 Å². The molecule has 0 aliphatic carbocycles. The van der Waals surface area contributed by atoms with Gasteiger partial charge in [0.2, 0.25) is 0 Å². The smallest absolute Gasteiger partial charge is 0.162 e. The number of carbonyl (C=O) groups is 1. The first-order valence-corrected chi connectivity index (χ1v) is 4.79. The van der Waals surface area contributed by atoms with E-state index in [9.17, 15) is 4.79 Å². The third-order valence-corrected chi connectivity index (χ3v) is 2.38. The molecule has 1 heterocycles. The Balaban J connectivity index is 2.33. The Morgan fingerprint density at radius 1 is 1.62 bits per heavy atom. The average Bonchev–Trinajstić information content (AvgIpc) is 2.52. The molecule has 0 aromatic carbocycles. The summed E-state index contributed by atoms with van der Waals surface area (Å²) in [5, 5.41) is 0. The molecule has 1 rings (SSSR count). The molecule has 0 aromatic heterocycles. The SMILES string of the molecule is CC#CCCC(=O)C1OCCC1C. The molecule has 0 spiro atoms. The summed E-state index contributed by atoms with van der Waals surface area (Å²) in [6, 6.07) is 0. The van der Waals surface area contributed by atoms with Crippen LogP contribution in [0.4, 0.5) is 0 Å². The summed E-state index contributed by atoms with van der Waals surface area (Å²) in [4.78, 5) is 11.5. The van der Waals surface area contributed by atoms with Crippen molar-refractivity contribution in [3.05, 3.63) is 0 Å². The highest BCUT2D eigenvalue weighted by atomic mass is 16.5. The maximum Gasteiger partial charge on any atom is 0.162 e. The molecule has 0 N–H and O–H groups in total. The van der Waals surface area contributed by atoms with Crippen LogP contribution in [0.15, 0.2) is 0 Å². The van der Waals surface area contributed by atoms with Gasteiger partial charge < -0.3 is 4.74 Å². The second kappa shape index (κ2) is 5.04. The minimum Gasteiger partial charge on any atom is -0.370 e. The Morgan fingerprint density at radius 2 is 2.38 bits per heavy atom. The van der Waals surface area contributed by atoms with E-state index in [2.05, 4.69) is 18.8 Å². The van der Waals surface area contributed by atoms with Crippen LogP contribution in [0.2, 0.25) is 0 Å². The lowest BCUT2D eigenvalue weighted by Crippen LogP contribution is -2.24. The van der Waals surface area contributed by atoms with Crippen molar-refractivity contribution in [2.75, 3.05) is 6.61 Å². The van der Waals surface area contributed by atoms with Gasteiger partial charge in [-0.1, -0.05) is 6.92 Å². The molecule has 0 radical (unpaired) electrons. The van der Waals surface area contributed by atoms with E-state index in [4.69, 9.17) is 4.74 Å². The normalized spacial score (nSPS) is 26.6. The zero-order valence-electron chi connectivity index (χ0n) is 8.30. The number of Topliss-reactive ketones (excluding diaryl/α,β-unsaturated/α-hetero) is 1. The van der Waals surface area contributed by atoms with Crippen molar-refractivity contribution in [2.24, 2.45) is 5.92 Å². The molecule has 1 aliphatic heterocycles. The van der Waals surface area contributed by atoms with Gasteiger partial charge in [0, 0.05) is 19.4 Å². The largest absolute Gasteiger partial charge is 0.370 e. The average molecular weight is 180 g/mol. The first-order valence-electron chi connectivity index (χ1n) is 4.79. The fourth-order valence-electron chi connectivity index (χ4n) is 1.56. The second-order valence-corrected chi connectivity index (χ2v) is 3.45. The molecule has 0 saturated carbocycles. The van der Waals surface area contributed by atoms with E-state index in [0.717, 1.165) is 13.0 Å². The highest BCUT2D eigenvalue weighted by Crippen LogP contribution is 2.21. The van der Waals surface area contributed by atoms with Crippen LogP contribution in [0.3, 0.4) is 0 Å². The van der Waals surface area contributed by atoms with Crippen molar-refractivity contribution in [3.8, 4) is 11.8 Å². The van der Waals surface area contributed by atoms with Gasteiger partial charge in [-0.05, 0) is 19.3 Å². The van der Waals surface area contributed by atoms with E-state index < -0.39 is 0 Å². The van der Waals surface area contributed by atoms with Crippen LogP contribution < -0.4 is 0 Å². The Labute approximate surface area is 79.7 Å². The molecule has 2 heteroatoms. The molecule has 72 valence electrons. The van der Waals surface area contributed by atoms with Crippen LogP contribution in [-0.2, 0) is 9.53 Å². The predicted molar refractivity (Wildman–Crippen MR) is 51.2 cm³/mol. The summed E-state index contributed by atoms with van der Waals surface area (Å²) in [6.07, 6.45) is 2.06. The van der Waals surface area contributed by atoms with Crippen LogP contribution in [-0.4, -0.2) is 18.5 Å². The van der Waals surface area contributed by atoms with Crippen molar-refractivity contribution >= 4 is 5.78 Å². The molecule has 1 saturated heterocycles. The Kier molecular flexibility index (Phi) is 3.98. The van der Waals surface area contributed by atoms with E-state index in [1.165, 1.54) is 0 Å². The lowest BCUT2D eigenvalue weighted by molar-refractivity contribution is -0.129. The number of ether oxygens (including phenoxy) is 1. The maximum absolute atomic E-state index is 11.5. The van der Waals surface area contributed by atoms with E-state index in [0.29, 0.717) is 18.8 Å². The molecule has 0 aromatic rings. The van der Waals surface area contributed by atoms with Crippen molar-refractivity contribution < 1.29 is 9.53 Å². The predicted octanol–water partition coefficient (Wildman–Crippen LogP) is 1.78. The van der Waals surface area contributed by atoms with Crippen LogP contribution in [0.5, 0.6) is 0 Å². The van der Waals surface area contributed by atoms with Crippen molar-refractivity contribution in [3.63, 3.8) is 0 Å². The minimum absolute atomic E-state index is 0.154. The van der Waals surface area contributed by atoms with Crippen LogP contribution >= 0.6 is 0 Å². The minimum atomic E-state index is -0.154. The first kappa shape index (κ1) is 10.3. The molecule has 1 aliphatic rings. The van der Waals surface area contributed by atoms with Gasteiger partial charge in [-0.15, -0.1) is 11.8 Å². The number of carbonyl (C=O) groups excluding carboxylic acids is 1. The molecule has 2 unspecified atom stereocenters. The van der Waals surface area contributed by atoms with E-state index in [-0.39, 0.29) is 11.9 Å². The van der Waals surface area contributed by atoms with Gasteiger partial charge in [-0.25, -0.2) is 0 Å². The summed E-state index contributed by atoms with van der Waals surface area (Å²) in [5.41, 5.74) is 0. The third-order valence-electron chi connectivity index (χ3n) is 2.38. The molecule has 13 heavy (non-hydrogen) atoms. The fourth-order valence-corrected chi connectivity index (χ4v) is 1.56. The van der Waals surface area contributed by atoms with Crippen LogP contribution in [0.1, 0.15) is 33.1 Å². The molecule has 1 fully saturated rings. The zero-order valence-corrected chi connectivity index (χ0v) is 8.30. The number of hydrogen-bond acceptors (Lipinski definition) is 2. The Hall–Kier alpha value is -0.810. The summed E-state index contributed by atoms with van der Waals surface area (Å²) in [5.74, 6) is 6.28. The number of ketones is 1. The van der Waals surface area contributed by atoms with Gasteiger partial charge >= 0.3 is 0 Å². The molecular weight excluding hydrogens is 164 g/mol. The number of hydrogen-bond donors (Lipinski definition) is 0. The van der Waals surface area contributed by atoms with Crippen LogP contribution in [0.25, 0.3) is 0 Å². The van der Waals surface area contributed by atoms with E-state index in [1.54, 1.807) is 6.92 Å². The standard InChI is InChI=1S/C11H16O2/c1-3-4-5-6-10(12)11-9(2)7-8-13-11/h9,11H,5-8H2,1-2H3. The topological polar surface area (TPSA) is 26.3 Å². The Bertz CT molecular complexity index is 234. The Morgan fingerprint density at radius 3 is 2.92 bits per heavy atom. The molecule has 2 nitrogen and oxygen atoms in total. The van der Waals surface area contributed by atoms with Crippen molar-refractivity contribution in [1.29, 1.82) is 0 Å². The molecular formula is C11H16O2. The van der Waals surface area contributed by atoms with E-state index in [1.807, 2.05) is 0 Å². The number of rotatable bonds is 3. The molecule has 0 amide bonds. The highest BCUT2D eigenvalue weighted by Gasteiger charge is 2.29. The monoisotopic (exact) mass is 180 g/mol. The second-order valence-electron chi connectivity index (χ2n) is 3.45. The van der Waals surface area contributed by atoms with Crippen LogP contribution in [0, 0.1) is 17.8 Å². The van der Waals surface area contributed by atoms with Gasteiger partial charge in [0.1, 0.15) is 6.10 Å². The summed E-state index contributed by atoms with van der Waals surface area (Å²) < 4.78 is 5.36. The fraction of sp³-hybridized carbons (Fsp3) is 0.727. The summed E-state index contributed by atoms with van der Waals surface area (Å²) >= 11 is 0. The molecule has 2 atom stereocenters. The van der Waals surface area contributed by atoms with Crippen molar-refractivity contribution in [2.45, 2.75) is 39.2 Å². The zero-order chi connectivity index (χ0) is 9.68. The molecule has 0 bridgehead atoms. The van der Waals surface area contributed by atoms with E-state index >= 15 is 0 Å². The van der Waals surface area contributed by atoms with Crippen molar-refractivity contribution in [1.82, 2.24) is 0 Å². The van der Waals surface area contributed by atoms with Gasteiger partial charge in [0.15, 0.2) is 5.78 Å².